The highest BCUT2D eigenvalue weighted by atomic mass is 16.3. The van der Waals surface area contributed by atoms with Crippen molar-refractivity contribution in [2.45, 2.75) is 26.8 Å². The van der Waals surface area contributed by atoms with Crippen LogP contribution in [0.5, 0.6) is 0 Å². The Kier molecular flexibility index (Phi) is 3.98. The van der Waals surface area contributed by atoms with Gasteiger partial charge in [-0.2, -0.15) is 0 Å². The molecule has 0 radical (unpaired) electrons. The van der Waals surface area contributed by atoms with E-state index in [0.717, 1.165) is 17.8 Å². The minimum atomic E-state index is -0.0387. The summed E-state index contributed by atoms with van der Waals surface area (Å²) in [5.74, 6) is 0.728. The molecular weight excluding hydrogens is 178 g/mol. The van der Waals surface area contributed by atoms with Gasteiger partial charge in [0.1, 0.15) is 5.76 Å². The van der Waals surface area contributed by atoms with E-state index in [4.69, 9.17) is 4.42 Å². The summed E-state index contributed by atoms with van der Waals surface area (Å²) in [4.78, 5) is 11.4. The molecule has 0 aromatic carbocycles. The summed E-state index contributed by atoms with van der Waals surface area (Å²) in [6.07, 6.45) is 4.37. The Hall–Kier alpha value is -1.51. The van der Waals surface area contributed by atoms with Gasteiger partial charge in [-0.3, -0.25) is 4.79 Å². The van der Waals surface area contributed by atoms with Gasteiger partial charge in [-0.05, 0) is 25.5 Å². The van der Waals surface area contributed by atoms with Crippen LogP contribution in [0.15, 0.2) is 34.5 Å². The Morgan fingerprint density at radius 3 is 3.00 bits per heavy atom. The van der Waals surface area contributed by atoms with Crippen molar-refractivity contribution in [2.24, 2.45) is 0 Å². The van der Waals surface area contributed by atoms with E-state index in [0.29, 0.717) is 6.54 Å². The van der Waals surface area contributed by atoms with Gasteiger partial charge >= 0.3 is 0 Å². The van der Waals surface area contributed by atoms with E-state index in [-0.39, 0.29) is 5.91 Å². The SMILES string of the molecule is CC/C=C(\C)C(=O)NCc1ccco1. The Bertz CT molecular complexity index is 312. The quantitative estimate of drug-likeness (QED) is 0.745. The van der Waals surface area contributed by atoms with Crippen LogP contribution in [0.1, 0.15) is 26.0 Å². The minimum Gasteiger partial charge on any atom is -0.467 e. The zero-order valence-corrected chi connectivity index (χ0v) is 8.54. The van der Waals surface area contributed by atoms with E-state index >= 15 is 0 Å². The first-order valence-electron chi connectivity index (χ1n) is 4.71. The summed E-state index contributed by atoms with van der Waals surface area (Å²) in [5.41, 5.74) is 0.749. The van der Waals surface area contributed by atoms with Crippen molar-refractivity contribution in [1.29, 1.82) is 0 Å². The highest BCUT2D eigenvalue weighted by Gasteiger charge is 2.03. The van der Waals surface area contributed by atoms with E-state index in [1.54, 1.807) is 19.3 Å². The topological polar surface area (TPSA) is 42.2 Å². The van der Waals surface area contributed by atoms with Crippen LogP contribution in [0.4, 0.5) is 0 Å². The summed E-state index contributed by atoms with van der Waals surface area (Å²) in [6.45, 7) is 4.25. The Morgan fingerprint density at radius 1 is 1.64 bits per heavy atom. The number of allylic oxidation sites excluding steroid dienone is 1. The molecule has 1 N–H and O–H groups in total. The van der Waals surface area contributed by atoms with Crippen molar-refractivity contribution in [3.8, 4) is 0 Å². The van der Waals surface area contributed by atoms with Crippen LogP contribution in [0.2, 0.25) is 0 Å². The molecule has 1 amide bonds. The van der Waals surface area contributed by atoms with E-state index < -0.39 is 0 Å². The van der Waals surface area contributed by atoms with E-state index in [9.17, 15) is 4.79 Å². The van der Waals surface area contributed by atoms with Gasteiger partial charge in [-0.25, -0.2) is 0 Å². The molecule has 0 atom stereocenters. The molecule has 0 saturated heterocycles. The van der Waals surface area contributed by atoms with Crippen LogP contribution >= 0.6 is 0 Å². The summed E-state index contributed by atoms with van der Waals surface area (Å²) < 4.78 is 5.09. The van der Waals surface area contributed by atoms with Gasteiger partial charge in [0.2, 0.25) is 5.91 Å². The number of furan rings is 1. The van der Waals surface area contributed by atoms with E-state index in [1.165, 1.54) is 0 Å². The third-order valence-electron chi connectivity index (χ3n) is 1.87. The number of amides is 1. The molecular formula is C11H15NO2. The van der Waals surface area contributed by atoms with Crippen molar-refractivity contribution in [3.63, 3.8) is 0 Å². The van der Waals surface area contributed by atoms with Gasteiger partial charge in [-0.15, -0.1) is 0 Å². The van der Waals surface area contributed by atoms with Crippen molar-refractivity contribution < 1.29 is 9.21 Å². The zero-order chi connectivity index (χ0) is 10.4. The highest BCUT2D eigenvalue weighted by Crippen LogP contribution is 2.00. The first kappa shape index (κ1) is 10.6. The average molecular weight is 193 g/mol. The molecule has 3 nitrogen and oxygen atoms in total. The monoisotopic (exact) mass is 193 g/mol. The summed E-state index contributed by atoms with van der Waals surface area (Å²) in [7, 11) is 0. The average Bonchev–Trinajstić information content (AvgIpc) is 2.67. The van der Waals surface area contributed by atoms with Crippen LogP contribution < -0.4 is 5.32 Å². The largest absolute Gasteiger partial charge is 0.467 e. The molecule has 0 unspecified atom stereocenters. The third-order valence-corrected chi connectivity index (χ3v) is 1.87. The molecule has 0 spiro atoms. The van der Waals surface area contributed by atoms with E-state index in [2.05, 4.69) is 5.32 Å². The van der Waals surface area contributed by atoms with Crippen LogP contribution in [-0.4, -0.2) is 5.91 Å². The molecule has 0 bridgehead atoms. The smallest absolute Gasteiger partial charge is 0.246 e. The normalized spacial score (nSPS) is 11.4. The highest BCUT2D eigenvalue weighted by molar-refractivity contribution is 5.92. The van der Waals surface area contributed by atoms with Crippen molar-refractivity contribution in [3.05, 3.63) is 35.8 Å². The van der Waals surface area contributed by atoms with Crippen LogP contribution in [0, 0.1) is 0 Å². The molecule has 1 heterocycles. The minimum absolute atomic E-state index is 0.0387. The van der Waals surface area contributed by atoms with Crippen LogP contribution in [0.3, 0.4) is 0 Å². The lowest BCUT2D eigenvalue weighted by atomic mass is 10.2. The number of nitrogens with one attached hydrogen (secondary N) is 1. The molecule has 0 fully saturated rings. The van der Waals surface area contributed by atoms with Crippen LogP contribution in [0.25, 0.3) is 0 Å². The summed E-state index contributed by atoms with van der Waals surface area (Å²) in [5, 5.41) is 2.77. The zero-order valence-electron chi connectivity index (χ0n) is 8.54. The van der Waals surface area contributed by atoms with Crippen molar-refractivity contribution in [2.75, 3.05) is 0 Å². The van der Waals surface area contributed by atoms with Gasteiger partial charge in [-0.1, -0.05) is 13.0 Å². The van der Waals surface area contributed by atoms with E-state index in [1.807, 2.05) is 19.1 Å². The molecule has 0 aliphatic heterocycles. The second-order valence-corrected chi connectivity index (χ2v) is 3.06. The molecule has 0 saturated carbocycles. The molecule has 14 heavy (non-hydrogen) atoms. The predicted molar refractivity (Wildman–Crippen MR) is 54.6 cm³/mol. The molecule has 0 aliphatic carbocycles. The molecule has 0 aliphatic rings. The fraction of sp³-hybridized carbons (Fsp3) is 0.364. The molecule has 1 rings (SSSR count). The lowest BCUT2D eigenvalue weighted by Gasteiger charge is -2.02. The lowest BCUT2D eigenvalue weighted by molar-refractivity contribution is -0.117. The number of hydrogen-bond acceptors (Lipinski definition) is 2. The van der Waals surface area contributed by atoms with Crippen LogP contribution in [-0.2, 0) is 11.3 Å². The molecule has 1 aromatic rings. The second kappa shape index (κ2) is 5.27. The standard InChI is InChI=1S/C11H15NO2/c1-3-5-9(2)11(13)12-8-10-6-4-7-14-10/h4-7H,3,8H2,1-2H3,(H,12,13)/b9-5+. The number of hydrogen-bond donors (Lipinski definition) is 1. The van der Waals surface area contributed by atoms with Crippen molar-refractivity contribution >= 4 is 5.91 Å². The van der Waals surface area contributed by atoms with Gasteiger partial charge in [0.15, 0.2) is 0 Å². The predicted octanol–water partition coefficient (Wildman–Crippen LogP) is 2.25. The fourth-order valence-electron chi connectivity index (χ4n) is 1.12. The summed E-state index contributed by atoms with van der Waals surface area (Å²) in [6, 6.07) is 3.63. The maximum absolute atomic E-state index is 11.4. The van der Waals surface area contributed by atoms with Gasteiger partial charge in [0, 0.05) is 5.57 Å². The molecule has 76 valence electrons. The fourth-order valence-corrected chi connectivity index (χ4v) is 1.12. The number of carbonyl (C=O) groups is 1. The van der Waals surface area contributed by atoms with Crippen molar-refractivity contribution in [1.82, 2.24) is 5.32 Å². The maximum atomic E-state index is 11.4. The molecule has 1 aromatic heterocycles. The van der Waals surface area contributed by atoms with Gasteiger partial charge in [0.05, 0.1) is 12.8 Å². The third kappa shape index (κ3) is 3.09. The maximum Gasteiger partial charge on any atom is 0.246 e. The number of carbonyl (C=O) groups excluding carboxylic acids is 1. The number of rotatable bonds is 4. The Labute approximate surface area is 83.8 Å². The first-order chi connectivity index (χ1) is 6.74. The second-order valence-electron chi connectivity index (χ2n) is 3.06. The Morgan fingerprint density at radius 2 is 2.43 bits per heavy atom. The van der Waals surface area contributed by atoms with Gasteiger partial charge in [0.25, 0.3) is 0 Å². The lowest BCUT2D eigenvalue weighted by Crippen LogP contribution is -2.23. The molecule has 3 heteroatoms. The van der Waals surface area contributed by atoms with Gasteiger partial charge < -0.3 is 9.73 Å². The first-order valence-corrected chi connectivity index (χ1v) is 4.71. The summed E-state index contributed by atoms with van der Waals surface area (Å²) >= 11 is 0. The Balaban J connectivity index is 2.39.